The molecule has 4 nitrogen and oxygen atoms in total. The molecule has 0 fully saturated rings. The van der Waals surface area contributed by atoms with Crippen LogP contribution >= 0.6 is 0 Å². The number of nitrogens with zero attached hydrogens (tertiary/aromatic N) is 2. The zero-order valence-electron chi connectivity index (χ0n) is 16.1. The molecule has 0 atom stereocenters. The minimum absolute atomic E-state index is 0.436. The molecule has 0 radical (unpaired) electrons. The van der Waals surface area contributed by atoms with E-state index in [9.17, 15) is 5.11 Å². The van der Waals surface area contributed by atoms with Gasteiger partial charge in [-0.1, -0.05) is 44.2 Å². The second-order valence-electron chi connectivity index (χ2n) is 7.53. The van der Waals surface area contributed by atoms with Crippen LogP contribution in [-0.4, -0.2) is 21.3 Å². The number of aliphatic hydroxyl groups is 1. The van der Waals surface area contributed by atoms with Crippen LogP contribution in [0.25, 0.3) is 11.0 Å². The first-order valence-electron chi connectivity index (χ1n) is 9.28. The van der Waals surface area contributed by atoms with Gasteiger partial charge in [0, 0.05) is 6.54 Å². The predicted octanol–water partition coefficient (Wildman–Crippen LogP) is 4.86. The molecule has 0 aliphatic carbocycles. The standard InChI is InChI=1S/C22H28N2O2/c1-16(2)17-10-5-8-13-20(17)26-15-9-14-24-19-12-7-6-11-18(19)23-21(24)22(3,4)25/h5-8,10-13,16,25H,9,14-15H2,1-4H3. The lowest BCUT2D eigenvalue weighted by atomic mass is 10.0. The number of aromatic nitrogens is 2. The fraction of sp³-hybridized carbons (Fsp3) is 0.409. The Morgan fingerprint density at radius 1 is 1.08 bits per heavy atom. The highest BCUT2D eigenvalue weighted by Crippen LogP contribution is 2.27. The molecule has 0 amide bonds. The maximum atomic E-state index is 10.5. The van der Waals surface area contributed by atoms with Gasteiger partial charge in [-0.25, -0.2) is 4.98 Å². The number of imidazole rings is 1. The summed E-state index contributed by atoms with van der Waals surface area (Å²) in [7, 11) is 0. The van der Waals surface area contributed by atoms with Crippen LogP contribution in [0.3, 0.4) is 0 Å². The first-order chi connectivity index (χ1) is 12.4. The number of rotatable bonds is 7. The van der Waals surface area contributed by atoms with Crippen LogP contribution in [0.5, 0.6) is 5.75 Å². The van der Waals surface area contributed by atoms with Crippen LogP contribution in [0.4, 0.5) is 0 Å². The minimum Gasteiger partial charge on any atom is -0.493 e. The molecule has 3 aromatic rings. The predicted molar refractivity (Wildman–Crippen MR) is 106 cm³/mol. The largest absolute Gasteiger partial charge is 0.493 e. The van der Waals surface area contributed by atoms with Gasteiger partial charge in [-0.15, -0.1) is 0 Å². The topological polar surface area (TPSA) is 47.3 Å². The fourth-order valence-electron chi connectivity index (χ4n) is 3.26. The maximum absolute atomic E-state index is 10.5. The van der Waals surface area contributed by atoms with Gasteiger partial charge in [0.2, 0.25) is 0 Å². The third-order valence-corrected chi connectivity index (χ3v) is 4.53. The molecule has 1 aromatic heterocycles. The van der Waals surface area contributed by atoms with E-state index in [4.69, 9.17) is 4.74 Å². The quantitative estimate of drug-likeness (QED) is 0.618. The molecule has 1 heterocycles. The van der Waals surface area contributed by atoms with Crippen molar-refractivity contribution in [3.8, 4) is 5.75 Å². The summed E-state index contributed by atoms with van der Waals surface area (Å²) in [5, 5.41) is 10.5. The Morgan fingerprint density at radius 2 is 1.77 bits per heavy atom. The van der Waals surface area contributed by atoms with E-state index in [2.05, 4.69) is 35.5 Å². The third-order valence-electron chi connectivity index (χ3n) is 4.53. The molecule has 0 bridgehead atoms. The molecular formula is C22H28N2O2. The molecule has 0 aliphatic rings. The zero-order chi connectivity index (χ0) is 18.7. The number of fused-ring (bicyclic) bond motifs is 1. The first-order valence-corrected chi connectivity index (χ1v) is 9.28. The first kappa shape index (κ1) is 18.5. The van der Waals surface area contributed by atoms with Crippen molar-refractivity contribution < 1.29 is 9.84 Å². The summed E-state index contributed by atoms with van der Waals surface area (Å²) < 4.78 is 8.14. The number of hydrogen-bond donors (Lipinski definition) is 1. The molecular weight excluding hydrogens is 324 g/mol. The van der Waals surface area contributed by atoms with E-state index in [0.717, 1.165) is 29.7 Å². The van der Waals surface area contributed by atoms with E-state index < -0.39 is 5.60 Å². The van der Waals surface area contributed by atoms with Crippen LogP contribution in [0, 0.1) is 0 Å². The minimum atomic E-state index is -0.982. The van der Waals surface area contributed by atoms with Crippen molar-refractivity contribution in [3.63, 3.8) is 0 Å². The van der Waals surface area contributed by atoms with E-state index in [1.807, 2.05) is 36.4 Å². The second kappa shape index (κ2) is 7.50. The van der Waals surface area contributed by atoms with Crippen molar-refractivity contribution in [2.24, 2.45) is 0 Å². The molecule has 4 heteroatoms. The van der Waals surface area contributed by atoms with Gasteiger partial charge in [-0.05, 0) is 49.9 Å². The van der Waals surface area contributed by atoms with E-state index in [0.29, 0.717) is 18.3 Å². The molecule has 0 spiro atoms. The summed E-state index contributed by atoms with van der Waals surface area (Å²) in [5.41, 5.74) is 2.21. The lowest BCUT2D eigenvalue weighted by Crippen LogP contribution is -2.22. The number of ether oxygens (including phenoxy) is 1. The van der Waals surface area contributed by atoms with Gasteiger partial charge >= 0.3 is 0 Å². The van der Waals surface area contributed by atoms with Crippen LogP contribution < -0.4 is 4.74 Å². The van der Waals surface area contributed by atoms with Crippen molar-refractivity contribution >= 4 is 11.0 Å². The highest BCUT2D eigenvalue weighted by molar-refractivity contribution is 5.76. The molecule has 2 aromatic carbocycles. The summed E-state index contributed by atoms with van der Waals surface area (Å²) in [6.07, 6.45) is 0.843. The van der Waals surface area contributed by atoms with Crippen molar-refractivity contribution in [1.29, 1.82) is 0 Å². The average molecular weight is 352 g/mol. The Hall–Kier alpha value is -2.33. The number of hydrogen-bond acceptors (Lipinski definition) is 3. The molecule has 138 valence electrons. The molecule has 1 N–H and O–H groups in total. The van der Waals surface area contributed by atoms with Gasteiger partial charge in [0.05, 0.1) is 17.6 Å². The lowest BCUT2D eigenvalue weighted by Gasteiger charge is -2.19. The Balaban J connectivity index is 1.73. The molecule has 0 saturated carbocycles. The highest BCUT2D eigenvalue weighted by atomic mass is 16.5. The second-order valence-corrected chi connectivity index (χ2v) is 7.53. The monoisotopic (exact) mass is 352 g/mol. The zero-order valence-corrected chi connectivity index (χ0v) is 16.1. The molecule has 3 rings (SSSR count). The van der Waals surface area contributed by atoms with Crippen molar-refractivity contribution in [2.75, 3.05) is 6.61 Å². The van der Waals surface area contributed by atoms with Crippen molar-refractivity contribution in [2.45, 2.75) is 52.2 Å². The van der Waals surface area contributed by atoms with Gasteiger partial charge < -0.3 is 14.4 Å². The summed E-state index contributed by atoms with van der Waals surface area (Å²) >= 11 is 0. The van der Waals surface area contributed by atoms with Crippen LogP contribution in [0.2, 0.25) is 0 Å². The Bertz CT molecular complexity index is 875. The molecule has 0 aliphatic heterocycles. The van der Waals surface area contributed by atoms with E-state index in [1.165, 1.54) is 5.56 Å². The highest BCUT2D eigenvalue weighted by Gasteiger charge is 2.24. The van der Waals surface area contributed by atoms with Crippen LogP contribution in [0.15, 0.2) is 48.5 Å². The fourth-order valence-corrected chi connectivity index (χ4v) is 3.26. The Morgan fingerprint density at radius 3 is 2.50 bits per heavy atom. The molecule has 0 unspecified atom stereocenters. The van der Waals surface area contributed by atoms with Crippen LogP contribution in [-0.2, 0) is 12.1 Å². The van der Waals surface area contributed by atoms with Crippen molar-refractivity contribution in [3.05, 3.63) is 59.9 Å². The number of para-hydroxylation sites is 3. The SMILES string of the molecule is CC(C)c1ccccc1OCCCn1c(C(C)(C)O)nc2ccccc21. The normalized spacial score (nSPS) is 12.1. The molecule has 26 heavy (non-hydrogen) atoms. The summed E-state index contributed by atoms with van der Waals surface area (Å²) in [5.74, 6) is 2.09. The van der Waals surface area contributed by atoms with Gasteiger partial charge in [0.1, 0.15) is 17.2 Å². The van der Waals surface area contributed by atoms with E-state index in [-0.39, 0.29) is 0 Å². The van der Waals surface area contributed by atoms with Crippen LogP contribution in [0.1, 0.15) is 51.4 Å². The van der Waals surface area contributed by atoms with Gasteiger partial charge in [0.25, 0.3) is 0 Å². The van der Waals surface area contributed by atoms with E-state index in [1.54, 1.807) is 13.8 Å². The summed E-state index contributed by atoms with van der Waals surface area (Å²) in [6, 6.07) is 16.2. The molecule has 0 saturated heterocycles. The number of aryl methyl sites for hydroxylation is 1. The number of benzene rings is 2. The average Bonchev–Trinajstić information content (AvgIpc) is 2.98. The van der Waals surface area contributed by atoms with Gasteiger partial charge in [0.15, 0.2) is 0 Å². The maximum Gasteiger partial charge on any atom is 0.141 e. The lowest BCUT2D eigenvalue weighted by molar-refractivity contribution is 0.0649. The van der Waals surface area contributed by atoms with E-state index >= 15 is 0 Å². The smallest absolute Gasteiger partial charge is 0.141 e. The summed E-state index contributed by atoms with van der Waals surface area (Å²) in [4.78, 5) is 4.63. The summed E-state index contributed by atoms with van der Waals surface area (Å²) in [6.45, 7) is 9.29. The Kier molecular flexibility index (Phi) is 5.33. The Labute approximate surface area is 155 Å². The van der Waals surface area contributed by atoms with Gasteiger partial charge in [-0.2, -0.15) is 0 Å². The van der Waals surface area contributed by atoms with Crippen molar-refractivity contribution in [1.82, 2.24) is 9.55 Å². The van der Waals surface area contributed by atoms with Gasteiger partial charge in [-0.3, -0.25) is 0 Å². The third kappa shape index (κ3) is 3.91.